The van der Waals surface area contributed by atoms with Gasteiger partial charge >= 0.3 is 5.97 Å². The second-order valence-electron chi connectivity index (χ2n) is 4.52. The van der Waals surface area contributed by atoms with E-state index in [1.54, 1.807) is 12.3 Å². The van der Waals surface area contributed by atoms with Crippen LogP contribution in [0.5, 0.6) is 0 Å². The van der Waals surface area contributed by atoms with Crippen molar-refractivity contribution in [1.29, 1.82) is 0 Å². The topological polar surface area (TPSA) is 68.3 Å². The molecule has 0 atom stereocenters. The Morgan fingerprint density at radius 3 is 2.91 bits per heavy atom. The minimum Gasteiger partial charge on any atom is -0.465 e. The van der Waals surface area contributed by atoms with Gasteiger partial charge in [-0.2, -0.15) is 0 Å². The van der Waals surface area contributed by atoms with Crippen molar-refractivity contribution < 1.29 is 14.3 Å². The van der Waals surface area contributed by atoms with Gasteiger partial charge in [0.05, 0.1) is 12.0 Å². The molecule has 1 aliphatic heterocycles. The Hall–Kier alpha value is -1.77. The van der Waals surface area contributed by atoms with Gasteiger partial charge < -0.3 is 10.1 Å². The highest BCUT2D eigenvalue weighted by Gasteiger charge is 2.22. The summed E-state index contributed by atoms with van der Waals surface area (Å²) in [4.78, 5) is 29.6. The molecule has 22 heavy (non-hydrogen) atoms. The predicted molar refractivity (Wildman–Crippen MR) is 92.0 cm³/mol. The van der Waals surface area contributed by atoms with E-state index in [9.17, 15) is 9.59 Å². The van der Waals surface area contributed by atoms with Crippen LogP contribution in [0.15, 0.2) is 17.2 Å². The number of hydrogen-bond donors (Lipinski definition) is 1. The lowest BCUT2D eigenvalue weighted by atomic mass is 10.1. The van der Waals surface area contributed by atoms with Crippen LogP contribution in [0.25, 0.3) is 16.3 Å². The van der Waals surface area contributed by atoms with Gasteiger partial charge in [-0.25, -0.2) is 9.78 Å². The Morgan fingerprint density at radius 1 is 1.50 bits per heavy atom. The third-order valence-electron chi connectivity index (χ3n) is 3.13. The molecule has 0 unspecified atom stereocenters. The van der Waals surface area contributed by atoms with E-state index in [2.05, 4.69) is 10.3 Å². The number of hydrogen-bond acceptors (Lipinski definition) is 7. The zero-order chi connectivity index (χ0) is 15.9. The average molecular weight is 350 g/mol. The minimum absolute atomic E-state index is 0.201. The highest BCUT2D eigenvalue weighted by molar-refractivity contribution is 8.26. The molecule has 1 amide bonds. The van der Waals surface area contributed by atoms with Crippen molar-refractivity contribution in [3.63, 3.8) is 0 Å². The Kier molecular flexibility index (Phi) is 3.98. The number of nitrogens with zero attached hydrogens (tertiary/aromatic N) is 1. The molecule has 2 aromatic rings. The first-order chi connectivity index (χ1) is 10.5. The Bertz CT molecular complexity index is 854. The third kappa shape index (κ3) is 2.65. The summed E-state index contributed by atoms with van der Waals surface area (Å²) < 4.78 is 5.22. The van der Waals surface area contributed by atoms with Crippen LogP contribution in [-0.4, -0.2) is 28.3 Å². The van der Waals surface area contributed by atoms with E-state index >= 15 is 0 Å². The first kappa shape index (κ1) is 15.1. The summed E-state index contributed by atoms with van der Waals surface area (Å²) in [7, 11) is 1.36. The number of carbonyl (C=O) groups is 2. The standard InChI is InChI=1S/C14H10N2O3S3/c1-6-8-3-7(4-9-11(17)16-14(20)21-9)5-15-12(8)22-10(6)13(18)19-2/h3-5H,1-2H3,(H,16,17,20). The van der Waals surface area contributed by atoms with Crippen molar-refractivity contribution in [2.24, 2.45) is 0 Å². The number of nitrogens with one attached hydrogen (secondary N) is 1. The molecular formula is C14H10N2O3S3. The summed E-state index contributed by atoms with van der Waals surface area (Å²) in [5, 5.41) is 3.45. The van der Waals surface area contributed by atoms with Gasteiger partial charge in [0.1, 0.15) is 14.0 Å². The van der Waals surface area contributed by atoms with Crippen molar-refractivity contribution in [2.45, 2.75) is 6.92 Å². The molecule has 1 aliphatic rings. The summed E-state index contributed by atoms with van der Waals surface area (Å²) in [6.07, 6.45) is 3.40. The van der Waals surface area contributed by atoms with Crippen LogP contribution in [0.4, 0.5) is 0 Å². The maximum Gasteiger partial charge on any atom is 0.348 e. The maximum absolute atomic E-state index is 11.7. The molecule has 0 radical (unpaired) electrons. The second-order valence-corrected chi connectivity index (χ2v) is 7.24. The van der Waals surface area contributed by atoms with Crippen LogP contribution in [-0.2, 0) is 9.53 Å². The van der Waals surface area contributed by atoms with Crippen LogP contribution in [0.2, 0.25) is 0 Å². The van der Waals surface area contributed by atoms with Crippen molar-refractivity contribution in [3.05, 3.63) is 33.2 Å². The molecule has 1 saturated heterocycles. The summed E-state index contributed by atoms with van der Waals surface area (Å²) in [5.41, 5.74) is 1.62. The lowest BCUT2D eigenvalue weighted by Crippen LogP contribution is -2.17. The lowest BCUT2D eigenvalue weighted by Gasteiger charge is -1.97. The number of rotatable bonds is 2. The quantitative estimate of drug-likeness (QED) is 0.510. The first-order valence-electron chi connectivity index (χ1n) is 6.22. The molecule has 1 fully saturated rings. The van der Waals surface area contributed by atoms with E-state index in [1.807, 2.05) is 13.0 Å². The number of thioether (sulfide) groups is 1. The Balaban J connectivity index is 2.05. The van der Waals surface area contributed by atoms with Crippen LogP contribution in [0.1, 0.15) is 20.8 Å². The number of amides is 1. The van der Waals surface area contributed by atoms with E-state index in [1.165, 1.54) is 30.2 Å². The third-order valence-corrected chi connectivity index (χ3v) is 5.48. The van der Waals surface area contributed by atoms with E-state index in [4.69, 9.17) is 17.0 Å². The monoisotopic (exact) mass is 350 g/mol. The van der Waals surface area contributed by atoms with E-state index < -0.39 is 0 Å². The molecular weight excluding hydrogens is 340 g/mol. The molecule has 0 saturated carbocycles. The number of aryl methyl sites for hydroxylation is 1. The van der Waals surface area contributed by atoms with Gasteiger partial charge in [-0.1, -0.05) is 24.0 Å². The average Bonchev–Trinajstić information content (AvgIpc) is 2.98. The van der Waals surface area contributed by atoms with Crippen molar-refractivity contribution in [3.8, 4) is 0 Å². The van der Waals surface area contributed by atoms with Crippen molar-refractivity contribution >= 4 is 67.8 Å². The smallest absolute Gasteiger partial charge is 0.348 e. The molecule has 2 aromatic heterocycles. The van der Waals surface area contributed by atoms with Crippen LogP contribution >= 0.6 is 35.3 Å². The Labute approximate surface area is 139 Å². The fourth-order valence-electron chi connectivity index (χ4n) is 2.05. The molecule has 0 bridgehead atoms. The van der Waals surface area contributed by atoms with Gasteiger partial charge in [0.2, 0.25) is 0 Å². The van der Waals surface area contributed by atoms with Crippen LogP contribution < -0.4 is 5.32 Å². The fraction of sp³-hybridized carbons (Fsp3) is 0.143. The number of pyridine rings is 1. The summed E-state index contributed by atoms with van der Waals surface area (Å²) >= 11 is 7.48. The molecule has 0 aliphatic carbocycles. The summed E-state index contributed by atoms with van der Waals surface area (Å²) in [6, 6.07) is 1.91. The molecule has 0 spiro atoms. The van der Waals surface area contributed by atoms with Gasteiger partial charge in [0, 0.05) is 11.6 Å². The number of fused-ring (bicyclic) bond motifs is 1. The number of aromatic nitrogens is 1. The van der Waals surface area contributed by atoms with Gasteiger partial charge in [-0.05, 0) is 30.2 Å². The number of thiocarbonyl (C=S) groups is 1. The first-order valence-corrected chi connectivity index (χ1v) is 8.26. The lowest BCUT2D eigenvalue weighted by molar-refractivity contribution is -0.115. The van der Waals surface area contributed by atoms with Crippen molar-refractivity contribution in [1.82, 2.24) is 10.3 Å². The molecule has 3 rings (SSSR count). The molecule has 3 heterocycles. The molecule has 8 heteroatoms. The normalized spacial score (nSPS) is 16.4. The number of carbonyl (C=O) groups excluding carboxylic acids is 2. The number of esters is 1. The van der Waals surface area contributed by atoms with Crippen molar-refractivity contribution in [2.75, 3.05) is 7.11 Å². The van der Waals surface area contributed by atoms with Crippen LogP contribution in [0, 0.1) is 6.92 Å². The highest BCUT2D eigenvalue weighted by atomic mass is 32.2. The molecule has 0 aromatic carbocycles. The number of ether oxygens (including phenoxy) is 1. The van der Waals surface area contributed by atoms with Gasteiger partial charge in [-0.15, -0.1) is 11.3 Å². The van der Waals surface area contributed by atoms with E-state index in [0.717, 1.165) is 21.3 Å². The maximum atomic E-state index is 11.7. The SMILES string of the molecule is COC(=O)c1sc2ncc(C=C3SC(=S)NC3=O)cc2c1C. The van der Waals surface area contributed by atoms with Gasteiger partial charge in [0.15, 0.2) is 0 Å². The molecule has 5 nitrogen and oxygen atoms in total. The van der Waals surface area contributed by atoms with Gasteiger partial charge in [-0.3, -0.25) is 4.79 Å². The number of methoxy groups -OCH3 is 1. The largest absolute Gasteiger partial charge is 0.465 e. The highest BCUT2D eigenvalue weighted by Crippen LogP contribution is 2.32. The van der Waals surface area contributed by atoms with Gasteiger partial charge in [0.25, 0.3) is 5.91 Å². The number of thiophene rings is 1. The Morgan fingerprint density at radius 2 is 2.27 bits per heavy atom. The fourth-order valence-corrected chi connectivity index (χ4v) is 4.15. The molecule has 112 valence electrons. The second kappa shape index (κ2) is 5.79. The summed E-state index contributed by atoms with van der Waals surface area (Å²) in [5.74, 6) is -0.566. The van der Waals surface area contributed by atoms with E-state index in [-0.39, 0.29) is 11.9 Å². The van der Waals surface area contributed by atoms with Crippen LogP contribution in [0.3, 0.4) is 0 Å². The molecule has 1 N–H and O–H groups in total. The van der Waals surface area contributed by atoms with E-state index in [0.29, 0.717) is 14.1 Å². The zero-order valence-corrected chi connectivity index (χ0v) is 14.1. The predicted octanol–water partition coefficient (Wildman–Crippen LogP) is 2.88. The summed E-state index contributed by atoms with van der Waals surface area (Å²) in [6.45, 7) is 1.86. The minimum atomic E-state index is -0.364. The zero-order valence-electron chi connectivity index (χ0n) is 11.6.